The summed E-state index contributed by atoms with van der Waals surface area (Å²) in [6.45, 7) is 4.28. The van der Waals surface area contributed by atoms with Crippen LogP contribution in [0.4, 0.5) is 0 Å². The van der Waals surface area contributed by atoms with Crippen molar-refractivity contribution in [3.8, 4) is 0 Å². The SMILES string of the molecule is CC1(C)CC(=O)[C@@H]2C(CCCl)=NN[C@@H]2C1. The fourth-order valence-corrected chi connectivity index (χ4v) is 2.87. The number of alkyl halides is 1. The van der Waals surface area contributed by atoms with Crippen molar-refractivity contribution in [2.75, 3.05) is 5.88 Å². The molecule has 2 rings (SSSR count). The lowest BCUT2D eigenvalue weighted by Gasteiger charge is -2.36. The van der Waals surface area contributed by atoms with Gasteiger partial charge in [-0.3, -0.25) is 4.79 Å². The Hall–Kier alpha value is -0.570. The van der Waals surface area contributed by atoms with Gasteiger partial charge in [-0.15, -0.1) is 11.6 Å². The van der Waals surface area contributed by atoms with Crippen molar-refractivity contribution in [3.05, 3.63) is 0 Å². The molecule has 1 heterocycles. The van der Waals surface area contributed by atoms with Crippen LogP contribution in [0.1, 0.15) is 33.1 Å². The highest BCUT2D eigenvalue weighted by molar-refractivity contribution is 6.20. The van der Waals surface area contributed by atoms with E-state index in [9.17, 15) is 4.79 Å². The molecule has 2 atom stereocenters. The summed E-state index contributed by atoms with van der Waals surface area (Å²) in [4.78, 5) is 12.0. The highest BCUT2D eigenvalue weighted by Gasteiger charge is 2.45. The molecule has 0 aromatic carbocycles. The number of ketones is 1. The number of hydrazone groups is 1. The molecule has 4 heteroatoms. The fourth-order valence-electron chi connectivity index (χ4n) is 2.67. The van der Waals surface area contributed by atoms with Crippen LogP contribution >= 0.6 is 11.6 Å². The highest BCUT2D eigenvalue weighted by Crippen LogP contribution is 2.38. The summed E-state index contributed by atoms with van der Waals surface area (Å²) in [6.07, 6.45) is 2.40. The normalized spacial score (nSPS) is 33.3. The molecule has 1 aliphatic carbocycles. The van der Waals surface area contributed by atoms with E-state index in [4.69, 9.17) is 11.6 Å². The van der Waals surface area contributed by atoms with E-state index >= 15 is 0 Å². The third kappa shape index (κ3) is 2.03. The number of carbonyl (C=O) groups is 1. The molecule has 0 radical (unpaired) electrons. The van der Waals surface area contributed by atoms with Crippen LogP contribution in [0.2, 0.25) is 0 Å². The monoisotopic (exact) mass is 228 g/mol. The lowest BCUT2D eigenvalue weighted by Crippen LogP contribution is -2.45. The summed E-state index contributed by atoms with van der Waals surface area (Å²) < 4.78 is 0. The zero-order chi connectivity index (χ0) is 11.1. The molecule has 1 fully saturated rings. The average Bonchev–Trinajstić information content (AvgIpc) is 2.46. The molecule has 0 aromatic heterocycles. The van der Waals surface area contributed by atoms with Gasteiger partial charge in [0.25, 0.3) is 0 Å². The maximum absolute atomic E-state index is 12.0. The summed E-state index contributed by atoms with van der Waals surface area (Å²) in [5.41, 5.74) is 4.15. The second-order valence-electron chi connectivity index (χ2n) is 5.27. The van der Waals surface area contributed by atoms with Crippen molar-refractivity contribution in [1.29, 1.82) is 0 Å². The first kappa shape index (κ1) is 10.9. The Labute approximate surface area is 95.3 Å². The lowest BCUT2D eigenvalue weighted by molar-refractivity contribution is -0.126. The Morgan fingerprint density at radius 3 is 3.00 bits per heavy atom. The number of halogens is 1. The molecule has 0 spiro atoms. The molecular formula is C11H17ClN2O. The minimum Gasteiger partial charge on any atom is -0.306 e. The van der Waals surface area contributed by atoms with Gasteiger partial charge in [0.2, 0.25) is 0 Å². The Kier molecular flexibility index (Phi) is 2.75. The first-order valence-corrected chi connectivity index (χ1v) is 5.97. The standard InChI is InChI=1S/C11H17ClN2O/c1-11(2)5-8-10(9(15)6-11)7(3-4-12)13-14-8/h8,10,14H,3-6H2,1-2H3/t8-,10-/m1/s1. The molecule has 0 bridgehead atoms. The summed E-state index contributed by atoms with van der Waals surface area (Å²) in [6, 6.07) is 0.208. The average molecular weight is 229 g/mol. The zero-order valence-electron chi connectivity index (χ0n) is 9.22. The molecule has 1 N–H and O–H groups in total. The Morgan fingerprint density at radius 2 is 2.33 bits per heavy atom. The Morgan fingerprint density at radius 1 is 1.60 bits per heavy atom. The summed E-state index contributed by atoms with van der Waals surface area (Å²) in [7, 11) is 0. The van der Waals surface area contributed by atoms with Gasteiger partial charge in [0.1, 0.15) is 5.78 Å². The smallest absolute Gasteiger partial charge is 0.144 e. The van der Waals surface area contributed by atoms with Gasteiger partial charge in [0.15, 0.2) is 0 Å². The van der Waals surface area contributed by atoms with E-state index in [0.29, 0.717) is 18.1 Å². The predicted molar refractivity (Wildman–Crippen MR) is 61.2 cm³/mol. The molecule has 15 heavy (non-hydrogen) atoms. The molecule has 2 aliphatic rings. The van der Waals surface area contributed by atoms with E-state index < -0.39 is 0 Å². The molecule has 0 unspecified atom stereocenters. The number of hydrogen-bond acceptors (Lipinski definition) is 3. The van der Waals surface area contributed by atoms with Crippen LogP contribution in [0.3, 0.4) is 0 Å². The lowest BCUT2D eigenvalue weighted by atomic mass is 9.68. The van der Waals surface area contributed by atoms with Crippen molar-refractivity contribution >= 4 is 23.1 Å². The van der Waals surface area contributed by atoms with Gasteiger partial charge < -0.3 is 5.43 Å². The minimum atomic E-state index is -0.00299. The van der Waals surface area contributed by atoms with E-state index in [0.717, 1.165) is 18.6 Å². The summed E-state index contributed by atoms with van der Waals surface area (Å²) in [5, 5.41) is 4.25. The van der Waals surface area contributed by atoms with Crippen molar-refractivity contribution in [2.24, 2.45) is 16.4 Å². The highest BCUT2D eigenvalue weighted by atomic mass is 35.5. The van der Waals surface area contributed by atoms with E-state index in [2.05, 4.69) is 24.4 Å². The van der Waals surface area contributed by atoms with Crippen LogP contribution in [-0.2, 0) is 4.79 Å². The largest absolute Gasteiger partial charge is 0.306 e. The number of nitrogens with zero attached hydrogens (tertiary/aromatic N) is 1. The maximum Gasteiger partial charge on any atom is 0.144 e. The molecule has 0 saturated heterocycles. The van der Waals surface area contributed by atoms with Crippen molar-refractivity contribution in [1.82, 2.24) is 5.43 Å². The molecule has 0 aromatic rings. The first-order valence-electron chi connectivity index (χ1n) is 5.44. The van der Waals surface area contributed by atoms with E-state index in [1.54, 1.807) is 0 Å². The van der Waals surface area contributed by atoms with Crippen LogP contribution < -0.4 is 5.43 Å². The fraction of sp³-hybridized carbons (Fsp3) is 0.818. The van der Waals surface area contributed by atoms with Gasteiger partial charge in [0.05, 0.1) is 17.7 Å². The van der Waals surface area contributed by atoms with Crippen molar-refractivity contribution in [2.45, 2.75) is 39.2 Å². The number of carbonyl (C=O) groups excluding carboxylic acids is 1. The van der Waals surface area contributed by atoms with Crippen LogP contribution in [0, 0.1) is 11.3 Å². The van der Waals surface area contributed by atoms with Crippen LogP contribution in [-0.4, -0.2) is 23.4 Å². The second kappa shape index (κ2) is 3.78. The molecule has 0 amide bonds. The van der Waals surface area contributed by atoms with Crippen LogP contribution in [0.15, 0.2) is 5.10 Å². The third-order valence-electron chi connectivity index (χ3n) is 3.26. The topological polar surface area (TPSA) is 41.5 Å². The predicted octanol–water partition coefficient (Wildman–Crippen LogP) is 1.95. The van der Waals surface area contributed by atoms with Crippen molar-refractivity contribution < 1.29 is 4.79 Å². The molecule has 1 aliphatic heterocycles. The minimum absolute atomic E-state index is 0.00299. The first-order chi connectivity index (χ1) is 7.03. The number of fused-ring (bicyclic) bond motifs is 1. The second-order valence-corrected chi connectivity index (χ2v) is 5.64. The van der Waals surface area contributed by atoms with Gasteiger partial charge in [-0.2, -0.15) is 5.10 Å². The van der Waals surface area contributed by atoms with Gasteiger partial charge in [0, 0.05) is 18.7 Å². The molecule has 1 saturated carbocycles. The number of hydrogen-bond donors (Lipinski definition) is 1. The van der Waals surface area contributed by atoms with E-state index in [-0.39, 0.29) is 17.4 Å². The Bertz CT molecular complexity index is 312. The Balaban J connectivity index is 2.14. The van der Waals surface area contributed by atoms with Crippen LogP contribution in [0.5, 0.6) is 0 Å². The van der Waals surface area contributed by atoms with Gasteiger partial charge in [-0.25, -0.2) is 0 Å². The molecule has 3 nitrogen and oxygen atoms in total. The van der Waals surface area contributed by atoms with Crippen molar-refractivity contribution in [3.63, 3.8) is 0 Å². The molecule has 84 valence electrons. The third-order valence-corrected chi connectivity index (χ3v) is 3.45. The summed E-state index contributed by atoms with van der Waals surface area (Å²) in [5.74, 6) is 0.863. The van der Waals surface area contributed by atoms with Gasteiger partial charge in [-0.05, 0) is 11.8 Å². The number of Topliss-reactive ketones (excluding diaryl/α,β-unsaturated/α-hetero) is 1. The van der Waals surface area contributed by atoms with Crippen LogP contribution in [0.25, 0.3) is 0 Å². The molecular weight excluding hydrogens is 212 g/mol. The quantitative estimate of drug-likeness (QED) is 0.734. The van der Waals surface area contributed by atoms with E-state index in [1.165, 1.54) is 0 Å². The number of rotatable bonds is 2. The maximum atomic E-state index is 12.0. The van der Waals surface area contributed by atoms with E-state index in [1.807, 2.05) is 0 Å². The zero-order valence-corrected chi connectivity index (χ0v) is 9.97. The van der Waals surface area contributed by atoms with Gasteiger partial charge >= 0.3 is 0 Å². The van der Waals surface area contributed by atoms with Gasteiger partial charge in [-0.1, -0.05) is 13.8 Å². The number of nitrogens with one attached hydrogen (secondary N) is 1. The summed E-state index contributed by atoms with van der Waals surface area (Å²) >= 11 is 5.70.